The number of hydrogen-bond donors (Lipinski definition) is 2. The smallest absolute Gasteiger partial charge is 0.408 e. The molecule has 3 atom stereocenters. The molecule has 7 nitrogen and oxygen atoms in total. The van der Waals surface area contributed by atoms with Crippen LogP contribution in [0.5, 0.6) is 0 Å². The van der Waals surface area contributed by atoms with Crippen LogP contribution >= 0.6 is 0 Å². The first kappa shape index (κ1) is 29.7. The largest absolute Gasteiger partial charge is 0.444 e. The highest BCUT2D eigenvalue weighted by molar-refractivity contribution is 5.92. The zero-order chi connectivity index (χ0) is 27.0. The molecule has 202 valence electrons. The van der Waals surface area contributed by atoms with Crippen molar-refractivity contribution in [3.63, 3.8) is 0 Å². The second kappa shape index (κ2) is 13.1. The molecule has 7 heteroatoms. The summed E-state index contributed by atoms with van der Waals surface area (Å²) in [6, 6.07) is 4.37. The lowest BCUT2D eigenvalue weighted by Gasteiger charge is -2.44. The van der Waals surface area contributed by atoms with E-state index in [9.17, 15) is 14.4 Å². The summed E-state index contributed by atoms with van der Waals surface area (Å²) < 4.78 is 5.48. The van der Waals surface area contributed by atoms with Crippen LogP contribution < -0.4 is 10.6 Å². The van der Waals surface area contributed by atoms with E-state index in [0.29, 0.717) is 13.0 Å². The maximum atomic E-state index is 14.3. The third-order valence-electron chi connectivity index (χ3n) is 7.08. The number of nitrogens with one attached hydrogen (secondary N) is 2. The number of unbranched alkanes of at least 4 members (excludes halogenated alkanes) is 1. The number of hydrogen-bond acceptors (Lipinski definition) is 4. The maximum absolute atomic E-state index is 14.3. The van der Waals surface area contributed by atoms with Gasteiger partial charge in [-0.3, -0.25) is 9.59 Å². The number of rotatable bonds is 11. The lowest BCUT2D eigenvalue weighted by Crippen LogP contribution is -2.59. The summed E-state index contributed by atoms with van der Waals surface area (Å²) in [6.07, 6.45) is 4.61. The van der Waals surface area contributed by atoms with Gasteiger partial charge in [0.1, 0.15) is 17.7 Å². The van der Waals surface area contributed by atoms with E-state index in [2.05, 4.69) is 17.6 Å². The van der Waals surface area contributed by atoms with Gasteiger partial charge in [0.25, 0.3) is 0 Å². The molecule has 0 aromatic heterocycles. The van der Waals surface area contributed by atoms with Gasteiger partial charge in [0.05, 0.1) is 0 Å². The molecule has 1 saturated carbocycles. The predicted octanol–water partition coefficient (Wildman–Crippen LogP) is 5.58. The van der Waals surface area contributed by atoms with Crippen LogP contribution in [0.2, 0.25) is 0 Å². The Kier molecular flexibility index (Phi) is 10.8. The predicted molar refractivity (Wildman–Crippen MR) is 144 cm³/mol. The molecular formula is C29H47N3O4. The van der Waals surface area contributed by atoms with Crippen LogP contribution in [0.1, 0.15) is 103 Å². The summed E-state index contributed by atoms with van der Waals surface area (Å²) in [4.78, 5) is 42.4. The molecule has 2 rings (SSSR count). The summed E-state index contributed by atoms with van der Waals surface area (Å²) in [6.45, 7) is 16.0. The van der Waals surface area contributed by atoms with Gasteiger partial charge >= 0.3 is 6.09 Å². The Hall–Kier alpha value is -2.57. The molecule has 1 fully saturated rings. The van der Waals surface area contributed by atoms with Crippen molar-refractivity contribution < 1.29 is 19.1 Å². The van der Waals surface area contributed by atoms with Crippen LogP contribution in [0.25, 0.3) is 0 Å². The van der Waals surface area contributed by atoms with E-state index in [0.717, 1.165) is 48.8 Å². The Morgan fingerprint density at radius 2 is 1.78 bits per heavy atom. The lowest BCUT2D eigenvalue weighted by atomic mass is 9.86. The van der Waals surface area contributed by atoms with Crippen LogP contribution in [0, 0.1) is 19.8 Å². The first-order valence-corrected chi connectivity index (χ1v) is 13.6. The van der Waals surface area contributed by atoms with Crippen molar-refractivity contribution in [3.8, 4) is 0 Å². The number of ether oxygens (including phenoxy) is 1. The minimum atomic E-state index is -0.789. The highest BCUT2D eigenvalue weighted by atomic mass is 16.6. The van der Waals surface area contributed by atoms with E-state index in [1.807, 2.05) is 45.9 Å². The molecule has 0 heterocycles. The molecule has 0 spiro atoms. The Bertz CT molecular complexity index is 904. The van der Waals surface area contributed by atoms with Crippen molar-refractivity contribution >= 4 is 17.9 Å². The molecule has 1 aromatic carbocycles. The SMILES string of the molecule is CCCCNC(=O)C(c1ccc(C)c(C)c1)N(C(=O)C(NC(=O)OC(C)(C)C)C(C)CC)C1CCC1. The van der Waals surface area contributed by atoms with Gasteiger partial charge in [-0.15, -0.1) is 0 Å². The molecule has 1 aliphatic carbocycles. The van der Waals surface area contributed by atoms with Gasteiger partial charge in [-0.25, -0.2) is 4.79 Å². The summed E-state index contributed by atoms with van der Waals surface area (Å²) in [7, 11) is 0. The molecule has 36 heavy (non-hydrogen) atoms. The third kappa shape index (κ3) is 7.97. The minimum absolute atomic E-state index is 0.0481. The number of amides is 3. The van der Waals surface area contributed by atoms with Crippen LogP contribution in [0.15, 0.2) is 18.2 Å². The number of carbonyl (C=O) groups excluding carboxylic acids is 3. The summed E-state index contributed by atoms with van der Waals surface area (Å²) >= 11 is 0. The van der Waals surface area contributed by atoms with Gasteiger partial charge in [0.15, 0.2) is 0 Å². The molecule has 1 aromatic rings. The van der Waals surface area contributed by atoms with Crippen LogP contribution in [-0.4, -0.2) is 47.0 Å². The molecule has 2 N–H and O–H groups in total. The fourth-order valence-corrected chi connectivity index (χ4v) is 4.32. The van der Waals surface area contributed by atoms with Crippen LogP contribution in [0.4, 0.5) is 4.79 Å². The molecule has 3 amide bonds. The topological polar surface area (TPSA) is 87.7 Å². The molecular weight excluding hydrogens is 454 g/mol. The Morgan fingerprint density at radius 1 is 1.11 bits per heavy atom. The van der Waals surface area contributed by atoms with Crippen molar-refractivity contribution in [3.05, 3.63) is 34.9 Å². The van der Waals surface area contributed by atoms with Crippen molar-refractivity contribution in [2.24, 2.45) is 5.92 Å². The molecule has 0 radical (unpaired) electrons. The van der Waals surface area contributed by atoms with E-state index in [-0.39, 0.29) is 23.8 Å². The van der Waals surface area contributed by atoms with Gasteiger partial charge in [0, 0.05) is 12.6 Å². The number of nitrogens with zero attached hydrogens (tertiary/aromatic N) is 1. The van der Waals surface area contributed by atoms with E-state index in [1.54, 1.807) is 25.7 Å². The van der Waals surface area contributed by atoms with Gasteiger partial charge in [0.2, 0.25) is 11.8 Å². The number of benzene rings is 1. The summed E-state index contributed by atoms with van der Waals surface area (Å²) in [5, 5.41) is 5.91. The highest BCUT2D eigenvalue weighted by Gasteiger charge is 2.43. The first-order chi connectivity index (χ1) is 16.9. The molecule has 0 aliphatic heterocycles. The highest BCUT2D eigenvalue weighted by Crippen LogP contribution is 2.35. The zero-order valence-electron chi connectivity index (χ0n) is 23.6. The van der Waals surface area contributed by atoms with Crippen molar-refractivity contribution in [2.75, 3.05) is 6.54 Å². The van der Waals surface area contributed by atoms with E-state index in [1.165, 1.54) is 0 Å². The van der Waals surface area contributed by atoms with E-state index < -0.39 is 23.8 Å². The average molecular weight is 502 g/mol. The fourth-order valence-electron chi connectivity index (χ4n) is 4.32. The Labute approximate surface area is 217 Å². The van der Waals surface area contributed by atoms with E-state index in [4.69, 9.17) is 4.74 Å². The molecule has 0 bridgehead atoms. The lowest BCUT2D eigenvalue weighted by molar-refractivity contribution is -0.148. The zero-order valence-corrected chi connectivity index (χ0v) is 23.6. The number of carbonyl (C=O) groups is 3. The number of alkyl carbamates (subject to hydrolysis) is 1. The minimum Gasteiger partial charge on any atom is -0.444 e. The second-order valence-electron chi connectivity index (χ2n) is 11.2. The fraction of sp³-hybridized carbons (Fsp3) is 0.690. The molecule has 0 saturated heterocycles. The number of aryl methyl sites for hydroxylation is 2. The standard InChI is InChI=1S/C29H47N3O4/c1-9-11-17-30-26(33)25(22-16-15-20(4)21(5)18-22)32(23-13-12-14-23)27(34)24(19(3)10-2)31-28(35)36-29(6,7)8/h15-16,18-19,23-25H,9-14,17H2,1-8H3,(H,30,33)(H,31,35). The first-order valence-electron chi connectivity index (χ1n) is 13.6. The normalized spacial score (nSPS) is 16.3. The molecule has 3 unspecified atom stereocenters. The van der Waals surface area contributed by atoms with Crippen LogP contribution in [0.3, 0.4) is 0 Å². The Morgan fingerprint density at radius 3 is 2.28 bits per heavy atom. The molecule has 1 aliphatic rings. The average Bonchev–Trinajstić information content (AvgIpc) is 2.76. The van der Waals surface area contributed by atoms with E-state index >= 15 is 0 Å². The quantitative estimate of drug-likeness (QED) is 0.387. The van der Waals surface area contributed by atoms with Crippen molar-refractivity contribution in [1.29, 1.82) is 0 Å². The van der Waals surface area contributed by atoms with Crippen LogP contribution in [-0.2, 0) is 14.3 Å². The Balaban J connectivity index is 2.50. The van der Waals surface area contributed by atoms with Gasteiger partial charge < -0.3 is 20.3 Å². The summed E-state index contributed by atoms with van der Waals surface area (Å²) in [5.41, 5.74) is 2.33. The van der Waals surface area contributed by atoms with Gasteiger partial charge in [-0.05, 0) is 82.9 Å². The third-order valence-corrected chi connectivity index (χ3v) is 7.08. The van der Waals surface area contributed by atoms with Gasteiger partial charge in [-0.2, -0.15) is 0 Å². The summed E-state index contributed by atoms with van der Waals surface area (Å²) in [5.74, 6) is -0.531. The maximum Gasteiger partial charge on any atom is 0.408 e. The van der Waals surface area contributed by atoms with Crippen molar-refractivity contribution in [2.45, 2.75) is 118 Å². The van der Waals surface area contributed by atoms with Gasteiger partial charge in [-0.1, -0.05) is 51.8 Å². The monoisotopic (exact) mass is 501 g/mol. The van der Waals surface area contributed by atoms with Crippen molar-refractivity contribution in [1.82, 2.24) is 15.5 Å². The second-order valence-corrected chi connectivity index (χ2v) is 11.2.